The predicted molar refractivity (Wildman–Crippen MR) is 130 cm³/mol. The minimum Gasteiger partial charge on any atom is -0.497 e. The second-order valence-electron chi connectivity index (χ2n) is 7.97. The summed E-state index contributed by atoms with van der Waals surface area (Å²) in [4.78, 5) is 24.6. The van der Waals surface area contributed by atoms with Gasteiger partial charge in [0.2, 0.25) is 12.7 Å². The molecular weight excluding hydrogens is 464 g/mol. The molecule has 10 nitrogen and oxygen atoms in total. The van der Waals surface area contributed by atoms with Gasteiger partial charge in [0.25, 0.3) is 11.8 Å². The summed E-state index contributed by atoms with van der Waals surface area (Å²) in [7, 11) is 1.50. The number of carbonyl (C=O) groups excluding carboxylic acids is 2. The van der Waals surface area contributed by atoms with Crippen LogP contribution in [0.4, 0.5) is 5.69 Å². The van der Waals surface area contributed by atoms with Gasteiger partial charge in [-0.2, -0.15) is 0 Å². The highest BCUT2D eigenvalue weighted by molar-refractivity contribution is 5.97. The number of hydrogen-bond donors (Lipinski definition) is 2. The lowest BCUT2D eigenvalue weighted by atomic mass is 10.2. The molecule has 1 aliphatic rings. The monoisotopic (exact) mass is 486 g/mol. The average molecular weight is 486 g/mol. The van der Waals surface area contributed by atoms with Crippen molar-refractivity contribution in [1.82, 2.24) is 9.88 Å². The minimum absolute atomic E-state index is 0.133. The van der Waals surface area contributed by atoms with Crippen LogP contribution in [0.15, 0.2) is 77.0 Å². The van der Waals surface area contributed by atoms with E-state index in [0.717, 1.165) is 11.1 Å². The highest BCUT2D eigenvalue weighted by Crippen LogP contribution is 2.40. The van der Waals surface area contributed by atoms with Gasteiger partial charge in [0.1, 0.15) is 12.3 Å². The summed E-state index contributed by atoms with van der Waals surface area (Å²) in [5, 5.41) is 21.8. The van der Waals surface area contributed by atoms with E-state index in [1.54, 1.807) is 34.9 Å². The molecule has 4 aromatic rings. The third kappa shape index (κ3) is 4.56. The van der Waals surface area contributed by atoms with Crippen LogP contribution in [0, 0.1) is 0 Å². The van der Waals surface area contributed by atoms with Crippen LogP contribution in [0.3, 0.4) is 0 Å². The molecule has 2 N–H and O–H groups in total. The van der Waals surface area contributed by atoms with Crippen molar-refractivity contribution in [2.75, 3.05) is 20.4 Å². The van der Waals surface area contributed by atoms with Crippen LogP contribution < -0.4 is 19.5 Å². The maximum absolute atomic E-state index is 12.3. The first-order valence-electron chi connectivity index (χ1n) is 11.1. The van der Waals surface area contributed by atoms with Gasteiger partial charge in [-0.3, -0.25) is 9.59 Å². The Morgan fingerprint density at radius 1 is 1.06 bits per heavy atom. The van der Waals surface area contributed by atoms with Crippen molar-refractivity contribution in [3.05, 3.63) is 77.9 Å². The molecule has 0 saturated heterocycles. The fourth-order valence-corrected chi connectivity index (χ4v) is 3.92. The normalized spacial score (nSPS) is 12.2. The van der Waals surface area contributed by atoms with Crippen molar-refractivity contribution in [3.8, 4) is 23.1 Å². The molecule has 3 aromatic carbocycles. The van der Waals surface area contributed by atoms with Gasteiger partial charge in [-0.05, 0) is 42.0 Å². The molecule has 0 bridgehead atoms. The van der Waals surface area contributed by atoms with Crippen LogP contribution in [0.5, 0.6) is 23.1 Å². The summed E-state index contributed by atoms with van der Waals surface area (Å²) in [6.07, 6.45) is 0. The number of aromatic hydroxyl groups is 1. The minimum atomic E-state index is -0.668. The van der Waals surface area contributed by atoms with Gasteiger partial charge in [-0.1, -0.05) is 30.3 Å². The zero-order valence-corrected chi connectivity index (χ0v) is 19.3. The van der Waals surface area contributed by atoms with Crippen molar-refractivity contribution in [3.63, 3.8) is 0 Å². The van der Waals surface area contributed by atoms with Crippen LogP contribution in [-0.4, -0.2) is 41.9 Å². The average Bonchev–Trinajstić information content (AvgIpc) is 3.48. The zero-order valence-electron chi connectivity index (χ0n) is 19.3. The number of para-hydroxylation sites is 1. The van der Waals surface area contributed by atoms with Gasteiger partial charge in [0.05, 0.1) is 19.2 Å². The summed E-state index contributed by atoms with van der Waals surface area (Å²) >= 11 is 0. The maximum Gasteiger partial charge on any atom is 0.283 e. The van der Waals surface area contributed by atoms with E-state index in [1.165, 1.54) is 7.11 Å². The second-order valence-corrected chi connectivity index (χ2v) is 7.97. The smallest absolute Gasteiger partial charge is 0.283 e. The summed E-state index contributed by atoms with van der Waals surface area (Å²) in [5.74, 6) is 0.600. The van der Waals surface area contributed by atoms with E-state index < -0.39 is 11.8 Å². The molecule has 1 aliphatic heterocycles. The number of hydrogen-bond acceptors (Lipinski definition) is 7. The van der Waals surface area contributed by atoms with E-state index in [1.807, 2.05) is 36.4 Å². The van der Waals surface area contributed by atoms with Crippen molar-refractivity contribution in [2.45, 2.75) is 6.54 Å². The molecule has 2 amide bonds. The van der Waals surface area contributed by atoms with Gasteiger partial charge in [0, 0.05) is 10.9 Å². The van der Waals surface area contributed by atoms with Crippen molar-refractivity contribution < 1.29 is 28.9 Å². The van der Waals surface area contributed by atoms with Gasteiger partial charge in [0.15, 0.2) is 17.2 Å². The molecule has 10 heteroatoms. The number of rotatable bonds is 7. The van der Waals surface area contributed by atoms with Crippen LogP contribution in [0.1, 0.15) is 15.9 Å². The fraction of sp³-hybridized carbons (Fsp3) is 0.154. The molecule has 0 aliphatic carbocycles. The quantitative estimate of drug-likeness (QED) is 0.378. The molecule has 0 saturated carbocycles. The van der Waals surface area contributed by atoms with Crippen molar-refractivity contribution in [2.24, 2.45) is 10.2 Å². The Balaban J connectivity index is 1.33. The summed E-state index contributed by atoms with van der Waals surface area (Å²) in [6, 6.07) is 19.4. The number of azo groups is 1. The molecule has 1 aromatic heterocycles. The molecule has 36 heavy (non-hydrogen) atoms. The maximum atomic E-state index is 12.3. The SMILES string of the molecule is COc1cccc(C(=O)NCC(=O)N=Nc2c(O)n(Cc3ccc4c(c3)OCO4)c3ccccc23)c1. The highest BCUT2D eigenvalue weighted by Gasteiger charge is 2.19. The van der Waals surface area contributed by atoms with E-state index >= 15 is 0 Å². The van der Waals surface area contributed by atoms with E-state index in [2.05, 4.69) is 15.5 Å². The van der Waals surface area contributed by atoms with E-state index in [0.29, 0.717) is 34.7 Å². The van der Waals surface area contributed by atoms with Crippen LogP contribution in [-0.2, 0) is 11.3 Å². The first-order valence-corrected chi connectivity index (χ1v) is 11.1. The predicted octanol–water partition coefficient (Wildman–Crippen LogP) is 4.17. The van der Waals surface area contributed by atoms with Crippen molar-refractivity contribution in [1.29, 1.82) is 0 Å². The molecule has 0 atom stereocenters. The Kier molecular flexibility index (Phi) is 6.23. The number of fused-ring (bicyclic) bond motifs is 2. The van der Waals surface area contributed by atoms with Crippen LogP contribution >= 0.6 is 0 Å². The van der Waals surface area contributed by atoms with E-state index in [-0.39, 0.29) is 24.9 Å². The first-order chi connectivity index (χ1) is 17.5. The van der Waals surface area contributed by atoms with Gasteiger partial charge >= 0.3 is 0 Å². The number of nitrogens with zero attached hydrogens (tertiary/aromatic N) is 3. The number of amides is 2. The number of aromatic nitrogens is 1. The topological polar surface area (TPSA) is 124 Å². The summed E-state index contributed by atoms with van der Waals surface area (Å²) in [6.45, 7) is 0.161. The Bertz CT molecular complexity index is 1490. The third-order valence-electron chi connectivity index (χ3n) is 5.69. The lowest BCUT2D eigenvalue weighted by Gasteiger charge is -2.08. The Morgan fingerprint density at radius 2 is 1.89 bits per heavy atom. The zero-order chi connectivity index (χ0) is 25.1. The lowest BCUT2D eigenvalue weighted by molar-refractivity contribution is -0.117. The number of nitrogens with one attached hydrogen (secondary N) is 1. The highest BCUT2D eigenvalue weighted by atomic mass is 16.7. The third-order valence-corrected chi connectivity index (χ3v) is 5.69. The second kappa shape index (κ2) is 9.79. The Morgan fingerprint density at radius 3 is 2.75 bits per heavy atom. The molecule has 0 radical (unpaired) electrons. The fourth-order valence-electron chi connectivity index (χ4n) is 3.92. The molecule has 0 fully saturated rings. The summed E-state index contributed by atoms with van der Waals surface area (Å²) in [5.41, 5.74) is 2.12. The summed E-state index contributed by atoms with van der Waals surface area (Å²) < 4.78 is 17.6. The molecular formula is C26H22N4O6. The number of methoxy groups -OCH3 is 1. The number of ether oxygens (including phenoxy) is 3. The van der Waals surface area contributed by atoms with E-state index in [9.17, 15) is 14.7 Å². The van der Waals surface area contributed by atoms with Crippen LogP contribution in [0.25, 0.3) is 10.9 Å². The largest absolute Gasteiger partial charge is 0.497 e. The van der Waals surface area contributed by atoms with Gasteiger partial charge < -0.3 is 29.2 Å². The lowest BCUT2D eigenvalue weighted by Crippen LogP contribution is -2.28. The van der Waals surface area contributed by atoms with Gasteiger partial charge in [-0.25, -0.2) is 0 Å². The molecule has 2 heterocycles. The standard InChI is InChI=1S/C26H22N4O6/c1-34-18-6-4-5-17(12-18)25(32)27-13-23(31)28-29-24-19-7-2-3-8-20(19)30(26(24)33)14-16-9-10-21-22(11-16)36-15-35-21/h2-12,33H,13-15H2,1H3,(H,27,32). The number of carbonyl (C=O) groups is 2. The van der Waals surface area contributed by atoms with Gasteiger partial charge in [-0.15, -0.1) is 10.2 Å². The first kappa shape index (κ1) is 22.9. The van der Waals surface area contributed by atoms with Crippen LogP contribution in [0.2, 0.25) is 0 Å². The Hall–Kier alpha value is -4.86. The van der Waals surface area contributed by atoms with Crippen molar-refractivity contribution >= 4 is 28.4 Å². The Labute approximate surface area is 205 Å². The molecule has 0 unspecified atom stereocenters. The number of benzene rings is 3. The molecule has 5 rings (SSSR count). The molecule has 182 valence electrons. The van der Waals surface area contributed by atoms with E-state index in [4.69, 9.17) is 14.2 Å². The molecule has 0 spiro atoms.